The fourth-order valence-electron chi connectivity index (χ4n) is 2.13. The quantitative estimate of drug-likeness (QED) is 0.756. The first-order valence-electron chi connectivity index (χ1n) is 5.74. The van der Waals surface area contributed by atoms with Crippen molar-refractivity contribution >= 4 is 29.1 Å². The van der Waals surface area contributed by atoms with Crippen LogP contribution in [0.15, 0.2) is 18.2 Å². The number of nitrogens with zero attached hydrogens (tertiary/aromatic N) is 1. The summed E-state index contributed by atoms with van der Waals surface area (Å²) in [6.45, 7) is 3.43. The highest BCUT2D eigenvalue weighted by Crippen LogP contribution is 2.25. The Morgan fingerprint density at radius 3 is 2.94 bits per heavy atom. The van der Waals surface area contributed by atoms with Crippen molar-refractivity contribution < 1.29 is 4.79 Å². The molecule has 1 fully saturated rings. The molecule has 0 N–H and O–H groups in total. The summed E-state index contributed by atoms with van der Waals surface area (Å²) in [5.41, 5.74) is 1.53. The van der Waals surface area contributed by atoms with Gasteiger partial charge in [0.25, 0.3) is 5.91 Å². The summed E-state index contributed by atoms with van der Waals surface area (Å²) in [5.74, 6) is 1.06. The van der Waals surface area contributed by atoms with Crippen LogP contribution in [0.5, 0.6) is 0 Å². The van der Waals surface area contributed by atoms with Crippen LogP contribution < -0.4 is 0 Å². The van der Waals surface area contributed by atoms with Crippen LogP contribution in [0.1, 0.15) is 22.3 Å². The lowest BCUT2D eigenvalue weighted by Crippen LogP contribution is -2.29. The number of carbonyl (C=O) groups excluding carboxylic acids is 1. The zero-order valence-electron chi connectivity index (χ0n) is 9.75. The third-order valence-corrected chi connectivity index (χ3v) is 4.15. The molecule has 0 aliphatic carbocycles. The van der Waals surface area contributed by atoms with Crippen molar-refractivity contribution in [2.45, 2.75) is 13.3 Å². The van der Waals surface area contributed by atoms with Gasteiger partial charge >= 0.3 is 0 Å². The zero-order chi connectivity index (χ0) is 12.4. The highest BCUT2D eigenvalue weighted by molar-refractivity contribution is 6.34. The molecule has 0 spiro atoms. The van der Waals surface area contributed by atoms with Crippen LogP contribution in [0, 0.1) is 12.8 Å². The molecule has 1 atom stereocenters. The van der Waals surface area contributed by atoms with Gasteiger partial charge in [0, 0.05) is 19.0 Å². The van der Waals surface area contributed by atoms with Gasteiger partial charge in [0.15, 0.2) is 0 Å². The van der Waals surface area contributed by atoms with Gasteiger partial charge in [0.05, 0.1) is 10.6 Å². The second-order valence-electron chi connectivity index (χ2n) is 4.50. The van der Waals surface area contributed by atoms with Crippen LogP contribution in [0.4, 0.5) is 0 Å². The molecule has 92 valence electrons. The topological polar surface area (TPSA) is 20.3 Å². The highest BCUT2D eigenvalue weighted by Gasteiger charge is 2.27. The van der Waals surface area contributed by atoms with E-state index in [0.717, 1.165) is 25.1 Å². The number of aryl methyl sites for hydroxylation is 1. The summed E-state index contributed by atoms with van der Waals surface area (Å²) in [6, 6.07) is 5.56. The van der Waals surface area contributed by atoms with Crippen molar-refractivity contribution in [1.82, 2.24) is 4.90 Å². The largest absolute Gasteiger partial charge is 0.338 e. The molecule has 1 unspecified atom stereocenters. The van der Waals surface area contributed by atoms with E-state index in [1.165, 1.54) is 0 Å². The van der Waals surface area contributed by atoms with Gasteiger partial charge < -0.3 is 4.90 Å². The van der Waals surface area contributed by atoms with Gasteiger partial charge in [-0.05, 0) is 30.9 Å². The number of rotatable bonds is 2. The first-order valence-corrected chi connectivity index (χ1v) is 6.65. The van der Waals surface area contributed by atoms with Gasteiger partial charge in [0.1, 0.15) is 0 Å². The number of halogens is 2. The minimum absolute atomic E-state index is 0.0197. The molecule has 1 aromatic carbocycles. The third-order valence-electron chi connectivity index (χ3n) is 3.21. The Hall–Kier alpha value is -0.730. The molecular weight excluding hydrogens is 257 g/mol. The number of alkyl halides is 1. The molecule has 1 aliphatic rings. The van der Waals surface area contributed by atoms with E-state index in [2.05, 4.69) is 0 Å². The van der Waals surface area contributed by atoms with Gasteiger partial charge in [0.2, 0.25) is 0 Å². The molecule has 0 bridgehead atoms. The Bertz CT molecular complexity index is 433. The summed E-state index contributed by atoms with van der Waals surface area (Å²) < 4.78 is 0. The molecule has 2 rings (SSSR count). The molecule has 0 saturated carbocycles. The van der Waals surface area contributed by atoms with Gasteiger partial charge in [-0.25, -0.2) is 0 Å². The van der Waals surface area contributed by atoms with E-state index in [1.807, 2.05) is 24.0 Å². The molecule has 1 aliphatic heterocycles. The first kappa shape index (κ1) is 12.7. The average Bonchev–Trinajstić information content (AvgIpc) is 2.80. The number of benzene rings is 1. The van der Waals surface area contributed by atoms with E-state index < -0.39 is 0 Å². The molecular formula is C13H15Cl2NO. The van der Waals surface area contributed by atoms with Crippen LogP contribution >= 0.6 is 23.2 Å². The van der Waals surface area contributed by atoms with Crippen LogP contribution in [-0.2, 0) is 0 Å². The van der Waals surface area contributed by atoms with E-state index in [9.17, 15) is 4.79 Å². The van der Waals surface area contributed by atoms with Crippen molar-refractivity contribution in [1.29, 1.82) is 0 Å². The third kappa shape index (κ3) is 2.58. The van der Waals surface area contributed by atoms with Crippen LogP contribution in [0.3, 0.4) is 0 Å². The number of amides is 1. The molecule has 1 aromatic rings. The molecule has 1 heterocycles. The van der Waals surface area contributed by atoms with Gasteiger partial charge in [-0.15, -0.1) is 11.6 Å². The zero-order valence-corrected chi connectivity index (χ0v) is 11.3. The van der Waals surface area contributed by atoms with Crippen molar-refractivity contribution in [2.75, 3.05) is 19.0 Å². The van der Waals surface area contributed by atoms with Crippen molar-refractivity contribution in [3.8, 4) is 0 Å². The monoisotopic (exact) mass is 271 g/mol. The Labute approximate surface area is 112 Å². The predicted molar refractivity (Wildman–Crippen MR) is 70.9 cm³/mol. The second-order valence-corrected chi connectivity index (χ2v) is 5.18. The molecule has 4 heteroatoms. The minimum atomic E-state index is 0.0197. The Balaban J connectivity index is 2.18. The summed E-state index contributed by atoms with van der Waals surface area (Å²) in [7, 11) is 0. The Morgan fingerprint density at radius 2 is 2.29 bits per heavy atom. The number of carbonyl (C=O) groups is 1. The summed E-state index contributed by atoms with van der Waals surface area (Å²) >= 11 is 12.0. The van der Waals surface area contributed by atoms with Crippen molar-refractivity contribution in [3.63, 3.8) is 0 Å². The number of hydrogen-bond donors (Lipinski definition) is 0. The maximum Gasteiger partial charge on any atom is 0.255 e. The van der Waals surface area contributed by atoms with Crippen LogP contribution in [-0.4, -0.2) is 29.8 Å². The van der Waals surface area contributed by atoms with Gasteiger partial charge in [-0.2, -0.15) is 0 Å². The maximum atomic E-state index is 12.3. The normalized spacial score (nSPS) is 19.7. The molecule has 17 heavy (non-hydrogen) atoms. The maximum absolute atomic E-state index is 12.3. The minimum Gasteiger partial charge on any atom is -0.338 e. The Morgan fingerprint density at radius 1 is 1.53 bits per heavy atom. The Kier molecular flexibility index (Phi) is 3.95. The highest BCUT2D eigenvalue weighted by atomic mass is 35.5. The SMILES string of the molecule is Cc1cccc(C(=O)N2CCC(CCl)C2)c1Cl. The van der Waals surface area contributed by atoms with Crippen LogP contribution in [0.25, 0.3) is 0 Å². The lowest BCUT2D eigenvalue weighted by atomic mass is 10.1. The molecule has 1 amide bonds. The van der Waals surface area contributed by atoms with Crippen molar-refractivity contribution in [3.05, 3.63) is 34.3 Å². The molecule has 0 radical (unpaired) electrons. The standard InChI is InChI=1S/C13H15Cl2NO/c1-9-3-2-4-11(12(9)15)13(17)16-6-5-10(7-14)8-16/h2-4,10H,5-8H2,1H3. The summed E-state index contributed by atoms with van der Waals surface area (Å²) in [5, 5.41) is 0.562. The molecule has 1 saturated heterocycles. The smallest absolute Gasteiger partial charge is 0.255 e. The van der Waals surface area contributed by atoms with E-state index in [1.54, 1.807) is 6.07 Å². The molecule has 2 nitrogen and oxygen atoms in total. The van der Waals surface area contributed by atoms with Gasteiger partial charge in [-0.3, -0.25) is 4.79 Å². The second kappa shape index (κ2) is 5.28. The van der Waals surface area contributed by atoms with Gasteiger partial charge in [-0.1, -0.05) is 23.7 Å². The number of hydrogen-bond acceptors (Lipinski definition) is 1. The fraction of sp³-hybridized carbons (Fsp3) is 0.462. The lowest BCUT2D eigenvalue weighted by Gasteiger charge is -2.17. The summed E-state index contributed by atoms with van der Waals surface area (Å²) in [6.07, 6.45) is 0.985. The van der Waals surface area contributed by atoms with E-state index >= 15 is 0 Å². The lowest BCUT2D eigenvalue weighted by molar-refractivity contribution is 0.0788. The average molecular weight is 272 g/mol. The predicted octanol–water partition coefficient (Wildman–Crippen LogP) is 3.35. The van der Waals surface area contributed by atoms with E-state index in [0.29, 0.717) is 22.4 Å². The van der Waals surface area contributed by atoms with E-state index in [4.69, 9.17) is 23.2 Å². The summed E-state index contributed by atoms with van der Waals surface area (Å²) in [4.78, 5) is 14.1. The van der Waals surface area contributed by atoms with Crippen molar-refractivity contribution in [2.24, 2.45) is 5.92 Å². The van der Waals surface area contributed by atoms with Crippen LogP contribution in [0.2, 0.25) is 5.02 Å². The fourth-order valence-corrected chi connectivity index (χ4v) is 2.58. The van der Waals surface area contributed by atoms with E-state index in [-0.39, 0.29) is 5.91 Å². The number of likely N-dealkylation sites (tertiary alicyclic amines) is 1. The first-order chi connectivity index (χ1) is 8.13. The molecule has 0 aromatic heterocycles.